The number of benzene rings is 2. The number of fused-ring (bicyclic) bond motifs is 1. The van der Waals surface area contributed by atoms with Gasteiger partial charge in [-0.2, -0.15) is 0 Å². The Labute approximate surface area is 177 Å². The summed E-state index contributed by atoms with van der Waals surface area (Å²) in [5.74, 6) is -0.138. The molecule has 1 N–H and O–H groups in total. The van der Waals surface area contributed by atoms with Crippen LogP contribution < -0.4 is 5.32 Å². The molecule has 6 nitrogen and oxygen atoms in total. The quantitative estimate of drug-likeness (QED) is 0.684. The third kappa shape index (κ3) is 4.86. The molecule has 0 spiro atoms. The van der Waals surface area contributed by atoms with Crippen LogP contribution in [-0.2, 0) is 21.2 Å². The van der Waals surface area contributed by atoms with E-state index in [0.29, 0.717) is 18.8 Å². The number of amides is 1. The summed E-state index contributed by atoms with van der Waals surface area (Å²) in [5.41, 5.74) is 2.96. The Kier molecular flexibility index (Phi) is 5.83. The zero-order valence-electron chi connectivity index (χ0n) is 16.9. The van der Waals surface area contributed by atoms with Crippen LogP contribution in [0.1, 0.15) is 18.5 Å². The fraction of sp³-hybridized carbons (Fsp3) is 0.304. The fourth-order valence-electron chi connectivity index (χ4n) is 3.90. The Hall–Kier alpha value is -2.77. The molecule has 1 aliphatic heterocycles. The zero-order valence-corrected chi connectivity index (χ0v) is 17.7. The van der Waals surface area contributed by atoms with Crippen molar-refractivity contribution in [3.63, 3.8) is 0 Å². The smallest absolute Gasteiger partial charge is 0.226 e. The van der Waals surface area contributed by atoms with Crippen molar-refractivity contribution in [3.8, 4) is 11.1 Å². The molecule has 1 fully saturated rings. The molecule has 1 atom stereocenters. The monoisotopic (exact) mass is 423 g/mol. The van der Waals surface area contributed by atoms with E-state index in [1.54, 1.807) is 6.20 Å². The highest BCUT2D eigenvalue weighted by molar-refractivity contribution is 7.88. The number of carbonyl (C=O) groups excluding carboxylic acids is 1. The molecule has 30 heavy (non-hydrogen) atoms. The molecule has 0 aliphatic carbocycles. The van der Waals surface area contributed by atoms with E-state index in [-0.39, 0.29) is 18.4 Å². The number of sulfonamides is 1. The second-order valence-electron chi connectivity index (χ2n) is 7.81. The molecule has 4 rings (SSSR count). The first-order chi connectivity index (χ1) is 14.4. The molecular weight excluding hydrogens is 398 g/mol. The van der Waals surface area contributed by atoms with Crippen molar-refractivity contribution < 1.29 is 13.2 Å². The largest absolute Gasteiger partial charge is 0.352 e. The number of pyridine rings is 1. The van der Waals surface area contributed by atoms with Gasteiger partial charge in [0.1, 0.15) is 0 Å². The Balaban J connectivity index is 1.46. The van der Waals surface area contributed by atoms with Crippen LogP contribution >= 0.6 is 0 Å². The lowest BCUT2D eigenvalue weighted by atomic mass is 10.0. The first-order valence-electron chi connectivity index (χ1n) is 10.1. The van der Waals surface area contributed by atoms with Crippen LogP contribution in [0.5, 0.6) is 0 Å². The van der Waals surface area contributed by atoms with Crippen LogP contribution in [-0.4, -0.2) is 49.0 Å². The van der Waals surface area contributed by atoms with E-state index < -0.39 is 10.0 Å². The summed E-state index contributed by atoms with van der Waals surface area (Å²) < 4.78 is 25.0. The molecule has 7 heteroatoms. The van der Waals surface area contributed by atoms with Crippen molar-refractivity contribution in [2.45, 2.75) is 25.3 Å². The number of aromatic nitrogens is 1. The summed E-state index contributed by atoms with van der Waals surface area (Å²) >= 11 is 0. The number of nitrogens with one attached hydrogen (secondary N) is 1. The summed E-state index contributed by atoms with van der Waals surface area (Å²) in [6.07, 6.45) is 4.69. The van der Waals surface area contributed by atoms with Crippen molar-refractivity contribution in [1.82, 2.24) is 14.6 Å². The predicted octanol–water partition coefficient (Wildman–Crippen LogP) is 2.98. The van der Waals surface area contributed by atoms with Crippen molar-refractivity contribution in [2.75, 3.05) is 19.3 Å². The third-order valence-corrected chi connectivity index (χ3v) is 6.72. The van der Waals surface area contributed by atoms with Gasteiger partial charge >= 0.3 is 0 Å². The highest BCUT2D eigenvalue weighted by Crippen LogP contribution is 2.24. The van der Waals surface area contributed by atoms with Gasteiger partial charge in [-0.25, -0.2) is 12.7 Å². The lowest BCUT2D eigenvalue weighted by Gasteiger charge is -2.31. The number of piperidine rings is 1. The van der Waals surface area contributed by atoms with E-state index in [1.165, 1.54) is 10.6 Å². The molecule has 0 saturated carbocycles. The number of nitrogens with zero attached hydrogens (tertiary/aromatic N) is 2. The number of hydrogen-bond donors (Lipinski definition) is 1. The predicted molar refractivity (Wildman–Crippen MR) is 118 cm³/mol. The molecule has 0 bridgehead atoms. The molecule has 1 saturated heterocycles. The van der Waals surface area contributed by atoms with E-state index >= 15 is 0 Å². The van der Waals surface area contributed by atoms with Gasteiger partial charge in [0.15, 0.2) is 0 Å². The molecular formula is C23H25N3O3S. The van der Waals surface area contributed by atoms with E-state index in [9.17, 15) is 13.2 Å². The lowest BCUT2D eigenvalue weighted by Crippen LogP contribution is -2.49. The average molecular weight is 424 g/mol. The maximum absolute atomic E-state index is 12.5. The lowest BCUT2D eigenvalue weighted by molar-refractivity contribution is -0.121. The molecule has 0 radical (unpaired) electrons. The number of hydrogen-bond acceptors (Lipinski definition) is 4. The minimum Gasteiger partial charge on any atom is -0.352 e. The minimum atomic E-state index is -3.24. The van der Waals surface area contributed by atoms with Crippen LogP contribution in [0, 0.1) is 0 Å². The van der Waals surface area contributed by atoms with Gasteiger partial charge in [0.2, 0.25) is 15.9 Å². The van der Waals surface area contributed by atoms with Crippen LogP contribution in [0.15, 0.2) is 60.8 Å². The molecule has 1 aromatic heterocycles. The average Bonchev–Trinajstić information content (AvgIpc) is 2.73. The van der Waals surface area contributed by atoms with Crippen LogP contribution in [0.4, 0.5) is 0 Å². The van der Waals surface area contributed by atoms with E-state index in [4.69, 9.17) is 0 Å². The molecule has 2 aromatic carbocycles. The topological polar surface area (TPSA) is 79.4 Å². The highest BCUT2D eigenvalue weighted by Gasteiger charge is 2.26. The summed E-state index contributed by atoms with van der Waals surface area (Å²) in [7, 11) is -3.24. The van der Waals surface area contributed by atoms with Crippen LogP contribution in [0.3, 0.4) is 0 Å². The Morgan fingerprint density at radius 1 is 1.10 bits per heavy atom. The second kappa shape index (κ2) is 8.53. The van der Waals surface area contributed by atoms with Gasteiger partial charge in [-0.3, -0.25) is 9.78 Å². The van der Waals surface area contributed by atoms with Gasteiger partial charge in [-0.15, -0.1) is 0 Å². The van der Waals surface area contributed by atoms with Gasteiger partial charge < -0.3 is 5.32 Å². The van der Waals surface area contributed by atoms with Crippen LogP contribution in [0.25, 0.3) is 21.9 Å². The van der Waals surface area contributed by atoms with Gasteiger partial charge in [-0.05, 0) is 41.5 Å². The maximum atomic E-state index is 12.5. The Morgan fingerprint density at radius 2 is 1.90 bits per heavy atom. The van der Waals surface area contributed by atoms with E-state index in [0.717, 1.165) is 34.7 Å². The number of rotatable bonds is 5. The van der Waals surface area contributed by atoms with E-state index in [2.05, 4.69) is 34.6 Å². The molecule has 3 aromatic rings. The minimum absolute atomic E-state index is 0.138. The van der Waals surface area contributed by atoms with Crippen LogP contribution in [0.2, 0.25) is 0 Å². The SMILES string of the molecule is CS(=O)(=O)N1CCCC(NC(=O)Cc2cc3cc(-c4ccccc4)ccc3cn2)C1. The Morgan fingerprint density at radius 3 is 2.67 bits per heavy atom. The van der Waals surface area contributed by atoms with Gasteiger partial charge in [0.25, 0.3) is 0 Å². The summed E-state index contributed by atoms with van der Waals surface area (Å²) in [6, 6.07) is 18.2. The molecule has 1 amide bonds. The standard InChI is InChI=1S/C23H25N3O3S/c1-30(28,29)26-11-5-8-21(16-26)25-23(27)14-22-13-20-12-18(9-10-19(20)15-24-22)17-6-3-2-4-7-17/h2-4,6-7,9-10,12-13,15,21H,5,8,11,14,16H2,1H3,(H,25,27). The number of carbonyl (C=O) groups is 1. The Bertz CT molecular complexity index is 1160. The summed E-state index contributed by atoms with van der Waals surface area (Å²) in [6.45, 7) is 0.845. The van der Waals surface area contributed by atoms with Crippen molar-refractivity contribution in [2.24, 2.45) is 0 Å². The van der Waals surface area contributed by atoms with Crippen molar-refractivity contribution in [1.29, 1.82) is 0 Å². The maximum Gasteiger partial charge on any atom is 0.226 e. The third-order valence-electron chi connectivity index (χ3n) is 5.45. The fourth-order valence-corrected chi connectivity index (χ4v) is 4.81. The van der Waals surface area contributed by atoms with Gasteiger partial charge in [0, 0.05) is 30.7 Å². The zero-order chi connectivity index (χ0) is 21.1. The molecule has 2 heterocycles. The molecule has 1 unspecified atom stereocenters. The summed E-state index contributed by atoms with van der Waals surface area (Å²) in [4.78, 5) is 17.0. The van der Waals surface area contributed by atoms with E-state index in [1.807, 2.05) is 30.3 Å². The van der Waals surface area contributed by atoms with Crippen molar-refractivity contribution >= 4 is 26.7 Å². The first kappa shape index (κ1) is 20.5. The van der Waals surface area contributed by atoms with Crippen molar-refractivity contribution in [3.05, 3.63) is 66.5 Å². The second-order valence-corrected chi connectivity index (χ2v) is 9.79. The molecule has 1 aliphatic rings. The van der Waals surface area contributed by atoms with Gasteiger partial charge in [-0.1, -0.05) is 42.5 Å². The first-order valence-corrected chi connectivity index (χ1v) is 11.9. The normalized spacial score (nSPS) is 17.7. The molecule has 156 valence electrons. The highest BCUT2D eigenvalue weighted by atomic mass is 32.2. The summed E-state index contributed by atoms with van der Waals surface area (Å²) in [5, 5.41) is 5.03. The van der Waals surface area contributed by atoms with Gasteiger partial charge in [0.05, 0.1) is 18.4 Å².